The largest absolute Gasteiger partial charge is 0.355 e. The van der Waals surface area contributed by atoms with Crippen LogP contribution in [0.1, 0.15) is 42.3 Å². The van der Waals surface area contributed by atoms with Crippen molar-refractivity contribution in [1.29, 1.82) is 0 Å². The van der Waals surface area contributed by atoms with Crippen molar-refractivity contribution < 1.29 is 26.5 Å². The zero-order valence-corrected chi connectivity index (χ0v) is 21.8. The molecular weight excluding hydrogens is 500 g/mol. The lowest BCUT2D eigenvalue weighted by Gasteiger charge is -2.33. The van der Waals surface area contributed by atoms with Crippen LogP contribution in [0.3, 0.4) is 0 Å². The van der Waals surface area contributed by atoms with Crippen LogP contribution in [0.5, 0.6) is 0 Å². The lowest BCUT2D eigenvalue weighted by molar-refractivity contribution is -0.123. The molecule has 1 aromatic heterocycles. The Balaban J connectivity index is 1.49. The van der Waals surface area contributed by atoms with Gasteiger partial charge in [-0.1, -0.05) is 17.3 Å². The number of benzene rings is 2. The van der Waals surface area contributed by atoms with E-state index in [1.165, 1.54) is 29.4 Å². The minimum atomic E-state index is -3.99. The summed E-state index contributed by atoms with van der Waals surface area (Å²) in [5, 5.41) is 3.80. The van der Waals surface area contributed by atoms with E-state index >= 15 is 0 Å². The van der Waals surface area contributed by atoms with Gasteiger partial charge in [0.05, 0.1) is 0 Å². The van der Waals surface area contributed by atoms with Crippen molar-refractivity contribution in [3.63, 3.8) is 0 Å². The zero-order valence-electron chi connectivity index (χ0n) is 20.9. The van der Waals surface area contributed by atoms with Crippen LogP contribution in [0.15, 0.2) is 51.9 Å². The predicted octanol–water partition coefficient (Wildman–Crippen LogP) is 5.19. The number of hydrogen-bond acceptors (Lipinski definition) is 5. The summed E-state index contributed by atoms with van der Waals surface area (Å²) in [6.07, 6.45) is 3.39. The number of piperidine rings is 1. The molecule has 1 aliphatic rings. The molecule has 2 heterocycles. The summed E-state index contributed by atoms with van der Waals surface area (Å²) in [6.45, 7) is 6.27. The fourth-order valence-corrected chi connectivity index (χ4v) is 6.27. The molecule has 0 N–H and O–H groups in total. The molecule has 3 aromatic rings. The van der Waals surface area contributed by atoms with Crippen molar-refractivity contribution in [2.24, 2.45) is 5.92 Å². The maximum absolute atomic E-state index is 14.0. The molecular formula is C27H29F2N3O4S. The Morgan fingerprint density at radius 1 is 1.14 bits per heavy atom. The first-order valence-corrected chi connectivity index (χ1v) is 13.5. The lowest BCUT2D eigenvalue weighted by atomic mass is 9.96. The van der Waals surface area contributed by atoms with E-state index in [0.717, 1.165) is 23.4 Å². The molecule has 196 valence electrons. The molecule has 0 radical (unpaired) electrons. The van der Waals surface area contributed by atoms with E-state index in [9.17, 15) is 22.0 Å². The second-order valence-electron chi connectivity index (χ2n) is 9.06. The van der Waals surface area contributed by atoms with Gasteiger partial charge in [0.15, 0.2) is 10.7 Å². The van der Waals surface area contributed by atoms with Gasteiger partial charge in [-0.2, -0.15) is 4.31 Å². The third-order valence-corrected chi connectivity index (χ3v) is 8.56. The molecule has 0 saturated carbocycles. The molecule has 0 bridgehead atoms. The number of anilines is 1. The Labute approximate surface area is 215 Å². The summed E-state index contributed by atoms with van der Waals surface area (Å²) in [7, 11) is -3.99. The summed E-state index contributed by atoms with van der Waals surface area (Å²) in [5.74, 6) is -1.85. The highest BCUT2D eigenvalue weighted by Gasteiger charge is 2.37. The number of hydrogen-bond donors (Lipinski definition) is 0. The van der Waals surface area contributed by atoms with Gasteiger partial charge in [-0.3, -0.25) is 4.79 Å². The van der Waals surface area contributed by atoms with Crippen molar-refractivity contribution in [3.05, 3.63) is 76.7 Å². The molecule has 1 aliphatic heterocycles. The maximum Gasteiger partial charge on any atom is 0.248 e. The third kappa shape index (κ3) is 5.65. The molecule has 0 unspecified atom stereocenters. The first-order valence-electron chi connectivity index (χ1n) is 12.1. The van der Waals surface area contributed by atoms with E-state index < -0.39 is 21.7 Å². The zero-order chi connectivity index (χ0) is 26.7. The number of sulfonamides is 1. The second-order valence-corrected chi connectivity index (χ2v) is 10.9. The maximum atomic E-state index is 14.0. The summed E-state index contributed by atoms with van der Waals surface area (Å²) in [6, 6.07) is 10.8. The average Bonchev–Trinajstić information content (AvgIpc) is 3.25. The van der Waals surface area contributed by atoms with Crippen LogP contribution in [0.2, 0.25) is 0 Å². The van der Waals surface area contributed by atoms with Gasteiger partial charge in [0.2, 0.25) is 15.9 Å². The fourth-order valence-electron chi connectivity index (χ4n) is 4.55. The topological polar surface area (TPSA) is 83.7 Å². The molecule has 1 saturated heterocycles. The molecule has 1 amide bonds. The SMILES string of the molecule is CCN(C(=O)C1CCN(S(=O)(=O)c2c(C)noc2/C=C/c2ccc(F)cc2F)CC1)c1cccc(C)c1. The van der Waals surface area contributed by atoms with Gasteiger partial charge in [-0.15, -0.1) is 0 Å². The summed E-state index contributed by atoms with van der Waals surface area (Å²) >= 11 is 0. The molecule has 1 fully saturated rings. The molecule has 10 heteroatoms. The van der Waals surface area contributed by atoms with Crippen LogP contribution in [0.4, 0.5) is 14.5 Å². The van der Waals surface area contributed by atoms with E-state index in [1.807, 2.05) is 38.1 Å². The van der Waals surface area contributed by atoms with Gasteiger partial charge in [-0.05, 0) is 75.6 Å². The summed E-state index contributed by atoms with van der Waals surface area (Å²) < 4.78 is 60.8. The number of aryl methyl sites for hydroxylation is 2. The number of amides is 1. The molecule has 4 rings (SSSR count). The van der Waals surface area contributed by atoms with E-state index in [-0.39, 0.29) is 46.8 Å². The first kappa shape index (κ1) is 26.7. The fraction of sp³-hybridized carbons (Fsp3) is 0.333. The van der Waals surface area contributed by atoms with Crippen LogP contribution >= 0.6 is 0 Å². The highest BCUT2D eigenvalue weighted by molar-refractivity contribution is 7.89. The molecule has 2 aromatic carbocycles. The highest BCUT2D eigenvalue weighted by Crippen LogP contribution is 2.31. The smallest absolute Gasteiger partial charge is 0.248 e. The van der Waals surface area contributed by atoms with E-state index in [0.29, 0.717) is 19.4 Å². The van der Waals surface area contributed by atoms with E-state index in [1.54, 1.807) is 4.90 Å². The van der Waals surface area contributed by atoms with Crippen LogP contribution < -0.4 is 4.90 Å². The van der Waals surface area contributed by atoms with Crippen LogP contribution in [-0.2, 0) is 14.8 Å². The predicted molar refractivity (Wildman–Crippen MR) is 137 cm³/mol. The lowest BCUT2D eigenvalue weighted by Crippen LogP contribution is -2.44. The highest BCUT2D eigenvalue weighted by atomic mass is 32.2. The summed E-state index contributed by atoms with van der Waals surface area (Å²) in [4.78, 5) is 14.9. The van der Waals surface area contributed by atoms with Crippen molar-refractivity contribution in [2.75, 3.05) is 24.5 Å². The van der Waals surface area contributed by atoms with Crippen molar-refractivity contribution in [3.8, 4) is 0 Å². The van der Waals surface area contributed by atoms with E-state index in [2.05, 4.69) is 5.16 Å². The number of carbonyl (C=O) groups is 1. The van der Waals surface area contributed by atoms with Gasteiger partial charge in [0.25, 0.3) is 0 Å². The molecule has 37 heavy (non-hydrogen) atoms. The minimum absolute atomic E-state index is 0.0174. The molecule has 0 spiro atoms. The number of aromatic nitrogens is 1. The molecule has 7 nitrogen and oxygen atoms in total. The number of carbonyl (C=O) groups excluding carboxylic acids is 1. The van der Waals surface area contributed by atoms with Gasteiger partial charge < -0.3 is 9.42 Å². The standard InChI is InChI=1S/C27H29F2N3O4S/c1-4-32(23-7-5-6-18(2)16-23)27(33)21-12-14-31(15-13-21)37(34,35)26-19(3)30-36-25(26)11-9-20-8-10-22(28)17-24(20)29/h5-11,16-17,21H,4,12-15H2,1-3H3/b11-9+. The Hall–Kier alpha value is -3.37. The normalized spacial score (nSPS) is 15.4. The average molecular weight is 530 g/mol. The quantitative estimate of drug-likeness (QED) is 0.421. The summed E-state index contributed by atoms with van der Waals surface area (Å²) in [5.41, 5.74) is 2.14. The number of rotatable bonds is 7. The van der Waals surface area contributed by atoms with Crippen molar-refractivity contribution >= 4 is 33.8 Å². The van der Waals surface area contributed by atoms with Crippen molar-refractivity contribution in [2.45, 2.75) is 38.5 Å². The number of nitrogens with zero attached hydrogens (tertiary/aromatic N) is 3. The van der Waals surface area contributed by atoms with Crippen molar-refractivity contribution in [1.82, 2.24) is 9.46 Å². The molecule has 0 aliphatic carbocycles. The Morgan fingerprint density at radius 2 is 1.86 bits per heavy atom. The van der Waals surface area contributed by atoms with Crippen LogP contribution in [-0.4, -0.2) is 43.4 Å². The second kappa shape index (κ2) is 10.9. The Kier molecular flexibility index (Phi) is 7.89. The minimum Gasteiger partial charge on any atom is -0.355 e. The first-order chi connectivity index (χ1) is 17.6. The van der Waals surface area contributed by atoms with Crippen LogP contribution in [0, 0.1) is 31.4 Å². The van der Waals surface area contributed by atoms with E-state index in [4.69, 9.17) is 4.52 Å². The van der Waals surface area contributed by atoms with Crippen LogP contribution in [0.25, 0.3) is 12.2 Å². The van der Waals surface area contributed by atoms with Gasteiger partial charge in [0.1, 0.15) is 17.3 Å². The molecule has 0 atom stereocenters. The Bertz CT molecular complexity index is 1430. The van der Waals surface area contributed by atoms with Gasteiger partial charge in [-0.25, -0.2) is 17.2 Å². The number of halogens is 2. The van der Waals surface area contributed by atoms with Gasteiger partial charge in [0, 0.05) is 42.9 Å². The van der Waals surface area contributed by atoms with Gasteiger partial charge >= 0.3 is 0 Å². The monoisotopic (exact) mass is 529 g/mol. The Morgan fingerprint density at radius 3 is 2.51 bits per heavy atom. The third-order valence-electron chi connectivity index (χ3n) is 6.51.